The Hall–Kier alpha value is -5.78. The number of carbonyl (C=O) groups is 2. The maximum atomic E-state index is 15.4. The number of methoxy groups -OCH3 is 1. The highest BCUT2D eigenvalue weighted by atomic mass is 35.5. The second-order valence-corrected chi connectivity index (χ2v) is 14.1. The fourth-order valence-electron chi connectivity index (χ4n) is 8.41. The molecule has 0 unspecified atom stereocenters. The number of halogens is 2. The smallest absolute Gasteiger partial charge is 0.352 e. The van der Waals surface area contributed by atoms with Crippen LogP contribution in [0.5, 0.6) is 11.5 Å². The number of amides is 2. The predicted octanol–water partition coefficient (Wildman–Crippen LogP) is 6.17. The lowest BCUT2D eigenvalue weighted by Crippen LogP contribution is -2.53. The number of carbonyl (C=O) groups excluding carboxylic acids is 2. The number of ether oxygens (including phenoxy) is 1. The zero-order valence-electron chi connectivity index (χ0n) is 28.4. The van der Waals surface area contributed by atoms with E-state index in [0.717, 1.165) is 9.58 Å². The number of aromatic hydroxyl groups is 1. The van der Waals surface area contributed by atoms with Crippen LogP contribution in [0.25, 0.3) is 5.69 Å². The monoisotopic (exact) mass is 749 g/mol. The molecule has 3 heterocycles. The Balaban J connectivity index is 1.40. The van der Waals surface area contributed by atoms with Crippen LogP contribution in [-0.2, 0) is 28.0 Å². The van der Waals surface area contributed by atoms with Gasteiger partial charge in [-0.2, -0.15) is 5.01 Å². The summed E-state index contributed by atoms with van der Waals surface area (Å²) in [5.74, 6) is -2.75. The minimum Gasteiger partial charge on any atom is -0.507 e. The number of allylic oxidation sites excluding steroid dienone is 3. The first-order valence-corrected chi connectivity index (χ1v) is 17.7. The number of imide groups is 1. The van der Waals surface area contributed by atoms with Crippen LogP contribution in [0, 0.1) is 5.92 Å². The standard InChI is InChI=1S/C40H33Cl2N5O6/c1-3-8-23-9-7-12-29(35(23)48)34-28-19-20-44-38(51)45(26-10-5-4-6-11-26)39(52)47(44)33(28)22-30-36(49)46(43-32-18-15-25(41)21-31(32)42)37(50)40(30,34)24-13-16-27(53-2)17-14-24/h3-7,9-19,21,30,33-34,43,48H,1,8,20,22H2,2H3/t30-,33+,34+,40+/m0/s1. The van der Waals surface area contributed by atoms with Crippen LogP contribution < -0.4 is 21.5 Å². The average Bonchev–Trinajstić information content (AvgIpc) is 3.54. The maximum absolute atomic E-state index is 15.4. The molecule has 5 aromatic rings. The van der Waals surface area contributed by atoms with Gasteiger partial charge >= 0.3 is 11.4 Å². The van der Waals surface area contributed by atoms with E-state index in [2.05, 4.69) is 12.0 Å². The first-order chi connectivity index (χ1) is 25.6. The molecule has 4 atom stereocenters. The second-order valence-electron chi connectivity index (χ2n) is 13.3. The molecule has 11 nitrogen and oxygen atoms in total. The number of anilines is 1. The van der Waals surface area contributed by atoms with Crippen LogP contribution in [0.3, 0.4) is 0 Å². The number of nitrogens with zero attached hydrogens (tertiary/aromatic N) is 4. The first-order valence-electron chi connectivity index (χ1n) is 17.0. The molecule has 2 amide bonds. The maximum Gasteiger partial charge on any atom is 0.352 e. The topological polar surface area (TPSA) is 128 Å². The van der Waals surface area contributed by atoms with Crippen LogP contribution in [0.15, 0.2) is 125 Å². The van der Waals surface area contributed by atoms with Crippen LogP contribution in [0.4, 0.5) is 5.69 Å². The minimum absolute atomic E-state index is 0.0111. The minimum atomic E-state index is -1.64. The van der Waals surface area contributed by atoms with Gasteiger partial charge in [0.25, 0.3) is 11.8 Å². The Morgan fingerprint density at radius 2 is 1.72 bits per heavy atom. The zero-order chi connectivity index (χ0) is 37.2. The van der Waals surface area contributed by atoms with Crippen molar-refractivity contribution in [2.75, 3.05) is 12.5 Å². The highest BCUT2D eigenvalue weighted by Gasteiger charge is 2.69. The van der Waals surface area contributed by atoms with Crippen molar-refractivity contribution in [3.05, 3.63) is 163 Å². The molecule has 0 spiro atoms. The molecule has 0 radical (unpaired) electrons. The number of rotatable bonds is 8. The van der Waals surface area contributed by atoms with Crippen LogP contribution in [0.1, 0.15) is 35.1 Å². The van der Waals surface area contributed by atoms with E-state index < -0.39 is 46.5 Å². The van der Waals surface area contributed by atoms with Crippen molar-refractivity contribution < 1.29 is 19.4 Å². The molecule has 0 bridgehead atoms. The van der Waals surface area contributed by atoms with Crippen LogP contribution in [0.2, 0.25) is 10.0 Å². The highest BCUT2D eigenvalue weighted by molar-refractivity contribution is 6.36. The molecule has 1 aromatic heterocycles. The summed E-state index contributed by atoms with van der Waals surface area (Å²) in [7, 11) is 1.53. The lowest BCUT2D eigenvalue weighted by molar-refractivity contribution is -0.138. The van der Waals surface area contributed by atoms with Crippen molar-refractivity contribution in [3.63, 3.8) is 0 Å². The van der Waals surface area contributed by atoms with Gasteiger partial charge < -0.3 is 9.84 Å². The highest BCUT2D eigenvalue weighted by Crippen LogP contribution is 2.63. The molecule has 8 rings (SSSR count). The Bertz CT molecular complexity index is 2470. The van der Waals surface area contributed by atoms with E-state index >= 15 is 4.79 Å². The molecule has 13 heteroatoms. The van der Waals surface area contributed by atoms with Crippen molar-refractivity contribution in [1.29, 1.82) is 0 Å². The number of phenols is 1. The van der Waals surface area contributed by atoms with E-state index in [1.165, 1.54) is 22.5 Å². The number of hydrogen-bond acceptors (Lipinski definition) is 7. The number of hydrogen-bond donors (Lipinski definition) is 2. The summed E-state index contributed by atoms with van der Waals surface area (Å²) < 4.78 is 9.33. The van der Waals surface area contributed by atoms with Gasteiger partial charge in [-0.05, 0) is 72.0 Å². The van der Waals surface area contributed by atoms with E-state index in [9.17, 15) is 19.5 Å². The number of aromatic nitrogens is 3. The molecule has 3 aliphatic rings. The number of nitrogens with one attached hydrogen (secondary N) is 1. The van der Waals surface area contributed by atoms with E-state index in [1.54, 1.807) is 91.0 Å². The van der Waals surface area contributed by atoms with E-state index in [-0.39, 0.29) is 29.4 Å². The van der Waals surface area contributed by atoms with Crippen molar-refractivity contribution >= 4 is 40.7 Å². The summed E-state index contributed by atoms with van der Waals surface area (Å²) in [6, 6.07) is 24.7. The molecule has 53 heavy (non-hydrogen) atoms. The molecule has 2 fully saturated rings. The van der Waals surface area contributed by atoms with Gasteiger partial charge in [-0.15, -0.1) is 6.58 Å². The van der Waals surface area contributed by atoms with Gasteiger partial charge in [0.1, 0.15) is 11.5 Å². The fraction of sp³-hybridized carbons (Fsp3) is 0.200. The van der Waals surface area contributed by atoms with E-state index in [4.69, 9.17) is 27.9 Å². The SMILES string of the molecule is C=CCc1cccc([C@H]2C3=CCn4c(=O)n(-c5ccccc5)c(=O)n4[C@@H]3C[C@H]3C(=O)N(Nc4ccc(Cl)cc4Cl)C(=O)[C@@]23c2ccc(OC)cc2)c1O. The summed E-state index contributed by atoms with van der Waals surface area (Å²) >= 11 is 12.7. The third-order valence-electron chi connectivity index (χ3n) is 10.7. The Morgan fingerprint density at radius 1 is 0.962 bits per heavy atom. The van der Waals surface area contributed by atoms with Crippen molar-refractivity contribution in [1.82, 2.24) is 18.9 Å². The molecule has 1 saturated carbocycles. The molecule has 2 aliphatic heterocycles. The summed E-state index contributed by atoms with van der Waals surface area (Å²) in [4.78, 5) is 58.6. The molecule has 268 valence electrons. The second kappa shape index (κ2) is 13.0. The van der Waals surface area contributed by atoms with Crippen molar-refractivity contribution in [2.45, 2.75) is 36.8 Å². The Morgan fingerprint density at radius 3 is 2.42 bits per heavy atom. The lowest BCUT2D eigenvalue weighted by atomic mass is 9.53. The average molecular weight is 751 g/mol. The quantitative estimate of drug-likeness (QED) is 0.144. The van der Waals surface area contributed by atoms with E-state index in [1.807, 2.05) is 6.08 Å². The summed E-state index contributed by atoms with van der Waals surface area (Å²) in [5.41, 5.74) is 2.95. The number of benzene rings is 4. The van der Waals surface area contributed by atoms with Gasteiger partial charge in [0.2, 0.25) is 0 Å². The van der Waals surface area contributed by atoms with E-state index in [0.29, 0.717) is 45.1 Å². The first kappa shape index (κ1) is 34.3. The molecular weight excluding hydrogens is 717 g/mol. The van der Waals surface area contributed by atoms with Crippen LogP contribution >= 0.6 is 23.2 Å². The van der Waals surface area contributed by atoms with Crippen LogP contribution in [-0.4, -0.2) is 43.0 Å². The molecular formula is C40H33Cl2N5O6. The zero-order valence-corrected chi connectivity index (χ0v) is 29.9. The largest absolute Gasteiger partial charge is 0.507 e. The fourth-order valence-corrected chi connectivity index (χ4v) is 8.86. The number of fused-ring (bicyclic) bond motifs is 4. The Labute approximate surface area is 313 Å². The molecule has 2 N–H and O–H groups in total. The molecule has 1 saturated heterocycles. The normalized spacial score (nSPS) is 21.8. The third kappa shape index (κ3) is 5.09. The molecule has 4 aromatic carbocycles. The summed E-state index contributed by atoms with van der Waals surface area (Å²) in [6.07, 6.45) is 3.83. The lowest BCUT2D eigenvalue weighted by Gasteiger charge is -2.49. The van der Waals surface area contributed by atoms with Gasteiger partial charge in [0.15, 0.2) is 0 Å². The van der Waals surface area contributed by atoms with Crippen molar-refractivity contribution in [2.24, 2.45) is 5.92 Å². The van der Waals surface area contributed by atoms with Gasteiger partial charge in [0, 0.05) is 16.5 Å². The van der Waals surface area contributed by atoms with Gasteiger partial charge in [0.05, 0.1) is 47.4 Å². The van der Waals surface area contributed by atoms with Gasteiger partial charge in [-0.3, -0.25) is 15.0 Å². The third-order valence-corrected chi connectivity index (χ3v) is 11.2. The number of para-hydroxylation sites is 2. The Kier molecular flexibility index (Phi) is 8.43. The predicted molar refractivity (Wildman–Crippen MR) is 201 cm³/mol. The summed E-state index contributed by atoms with van der Waals surface area (Å²) in [5, 5.41) is 13.5. The number of phenolic OH excluding ortho intramolecular Hbond substituents is 1. The number of hydrazine groups is 1. The summed E-state index contributed by atoms with van der Waals surface area (Å²) in [6.45, 7) is 3.86. The van der Waals surface area contributed by atoms with Crippen molar-refractivity contribution in [3.8, 4) is 17.2 Å². The van der Waals surface area contributed by atoms with Gasteiger partial charge in [-0.25, -0.2) is 23.5 Å². The molecule has 1 aliphatic carbocycles. The van der Waals surface area contributed by atoms with Gasteiger partial charge in [-0.1, -0.05) is 83.9 Å².